The monoisotopic (exact) mass is 204 g/mol. The van der Waals surface area contributed by atoms with E-state index in [0.29, 0.717) is 0 Å². The Morgan fingerprint density at radius 3 is 2.20 bits per heavy atom. The standard InChI is InChI=1S/C5H7Cl3O2/c6-2-4(8)3(7)1-5(9)10/h1,3-4,9-10H,2H2. The van der Waals surface area contributed by atoms with Crippen LogP contribution in [0.1, 0.15) is 0 Å². The van der Waals surface area contributed by atoms with Crippen molar-refractivity contribution >= 4 is 34.8 Å². The van der Waals surface area contributed by atoms with Crippen LogP contribution < -0.4 is 0 Å². The summed E-state index contributed by atoms with van der Waals surface area (Å²) in [6, 6.07) is 0. The third kappa shape index (κ3) is 4.09. The fourth-order valence-electron chi connectivity index (χ4n) is 0.332. The van der Waals surface area contributed by atoms with Crippen molar-refractivity contribution in [3.63, 3.8) is 0 Å². The lowest BCUT2D eigenvalue weighted by Crippen LogP contribution is -2.14. The molecule has 0 aliphatic carbocycles. The maximum Gasteiger partial charge on any atom is 0.271 e. The predicted octanol–water partition coefficient (Wildman–Crippen LogP) is 2.40. The smallest absolute Gasteiger partial charge is 0.271 e. The van der Waals surface area contributed by atoms with Crippen molar-refractivity contribution < 1.29 is 10.2 Å². The van der Waals surface area contributed by atoms with E-state index in [9.17, 15) is 0 Å². The zero-order chi connectivity index (χ0) is 8.15. The summed E-state index contributed by atoms with van der Waals surface area (Å²) in [6.07, 6.45) is 1.02. The first-order chi connectivity index (χ1) is 4.57. The fraction of sp³-hybridized carbons (Fsp3) is 0.600. The zero-order valence-corrected chi connectivity index (χ0v) is 7.24. The molecule has 0 aliphatic heterocycles. The van der Waals surface area contributed by atoms with Gasteiger partial charge >= 0.3 is 0 Å². The molecule has 0 spiro atoms. The first-order valence-corrected chi connectivity index (χ1v) is 3.92. The van der Waals surface area contributed by atoms with Gasteiger partial charge in [-0.15, -0.1) is 34.8 Å². The van der Waals surface area contributed by atoms with Crippen LogP contribution in [-0.4, -0.2) is 26.8 Å². The lowest BCUT2D eigenvalue weighted by atomic mass is 10.3. The van der Waals surface area contributed by atoms with Crippen LogP contribution in [0.2, 0.25) is 0 Å². The van der Waals surface area contributed by atoms with Gasteiger partial charge in [0.2, 0.25) is 0 Å². The van der Waals surface area contributed by atoms with Gasteiger partial charge in [0, 0.05) is 12.0 Å². The average Bonchev–Trinajstić information content (AvgIpc) is 1.85. The normalized spacial score (nSPS) is 15.9. The van der Waals surface area contributed by atoms with Gasteiger partial charge in [0.1, 0.15) is 0 Å². The molecule has 0 aliphatic rings. The Labute approximate surface area is 74.0 Å². The molecule has 0 aromatic carbocycles. The molecule has 0 saturated carbocycles. The van der Waals surface area contributed by atoms with Crippen LogP contribution >= 0.6 is 34.8 Å². The number of alkyl halides is 3. The minimum atomic E-state index is -0.837. The molecular formula is C5H7Cl3O2. The van der Waals surface area contributed by atoms with Crippen molar-refractivity contribution in [3.05, 3.63) is 12.0 Å². The Morgan fingerprint density at radius 1 is 1.40 bits per heavy atom. The van der Waals surface area contributed by atoms with Gasteiger partial charge in [-0.1, -0.05) is 0 Å². The molecule has 0 saturated heterocycles. The second kappa shape index (κ2) is 4.94. The summed E-state index contributed by atoms with van der Waals surface area (Å²) in [5.74, 6) is -0.671. The minimum Gasteiger partial charge on any atom is -0.481 e. The van der Waals surface area contributed by atoms with Gasteiger partial charge in [-0.05, 0) is 0 Å². The molecule has 2 atom stereocenters. The summed E-state index contributed by atoms with van der Waals surface area (Å²) in [5.41, 5.74) is 0. The Balaban J connectivity index is 3.83. The summed E-state index contributed by atoms with van der Waals surface area (Å²) < 4.78 is 0. The highest BCUT2D eigenvalue weighted by molar-refractivity contribution is 6.34. The number of halogens is 3. The van der Waals surface area contributed by atoms with Crippen molar-refractivity contribution in [1.29, 1.82) is 0 Å². The fourth-order valence-corrected chi connectivity index (χ4v) is 0.890. The molecule has 2 unspecified atom stereocenters. The highest BCUT2D eigenvalue weighted by Crippen LogP contribution is 2.13. The van der Waals surface area contributed by atoms with Crippen LogP contribution in [0.4, 0.5) is 0 Å². The number of aliphatic hydroxyl groups is 2. The van der Waals surface area contributed by atoms with Gasteiger partial charge < -0.3 is 10.2 Å². The minimum absolute atomic E-state index is 0.166. The second-order valence-corrected chi connectivity index (χ2v) is 3.01. The molecule has 0 heterocycles. The Hall–Kier alpha value is 0.210. The second-order valence-electron chi connectivity index (χ2n) is 1.64. The third-order valence-electron chi connectivity index (χ3n) is 0.801. The van der Waals surface area contributed by atoms with Crippen LogP contribution in [0.25, 0.3) is 0 Å². The van der Waals surface area contributed by atoms with Crippen molar-refractivity contribution in [2.45, 2.75) is 10.8 Å². The summed E-state index contributed by atoms with van der Waals surface area (Å²) in [5, 5.41) is 15.5. The van der Waals surface area contributed by atoms with Gasteiger partial charge in [0.25, 0.3) is 5.95 Å². The van der Waals surface area contributed by atoms with Crippen LogP contribution in [0.5, 0.6) is 0 Å². The lowest BCUT2D eigenvalue weighted by Gasteiger charge is -2.06. The van der Waals surface area contributed by atoms with Crippen molar-refractivity contribution in [2.75, 3.05) is 5.88 Å². The Kier molecular flexibility index (Phi) is 5.04. The van der Waals surface area contributed by atoms with E-state index in [2.05, 4.69) is 0 Å². The van der Waals surface area contributed by atoms with E-state index in [0.717, 1.165) is 6.08 Å². The van der Waals surface area contributed by atoms with Crippen LogP contribution in [0, 0.1) is 0 Å². The van der Waals surface area contributed by atoms with E-state index in [4.69, 9.17) is 45.0 Å². The van der Waals surface area contributed by atoms with E-state index < -0.39 is 16.7 Å². The number of allylic oxidation sites excluding steroid dienone is 1. The Morgan fingerprint density at radius 2 is 1.90 bits per heavy atom. The van der Waals surface area contributed by atoms with E-state index >= 15 is 0 Å². The Bertz CT molecular complexity index is 122. The third-order valence-corrected chi connectivity index (χ3v) is 2.28. The molecule has 0 fully saturated rings. The van der Waals surface area contributed by atoms with E-state index in [1.54, 1.807) is 0 Å². The molecule has 60 valence electrons. The molecule has 0 amide bonds. The van der Waals surface area contributed by atoms with Gasteiger partial charge in [-0.2, -0.15) is 0 Å². The molecule has 0 bridgehead atoms. The average molecular weight is 205 g/mol. The molecule has 0 aromatic heterocycles. The molecule has 2 nitrogen and oxygen atoms in total. The number of rotatable bonds is 3. The van der Waals surface area contributed by atoms with Crippen LogP contribution in [0.3, 0.4) is 0 Å². The number of hydrogen-bond donors (Lipinski definition) is 2. The molecule has 2 N–H and O–H groups in total. The molecule has 0 aromatic rings. The topological polar surface area (TPSA) is 40.5 Å². The molecule has 5 heteroatoms. The summed E-state index contributed by atoms with van der Waals surface area (Å²) in [6.45, 7) is 0. The first kappa shape index (κ1) is 10.2. The quantitative estimate of drug-likeness (QED) is 0.549. The summed E-state index contributed by atoms with van der Waals surface area (Å²) >= 11 is 16.4. The van der Waals surface area contributed by atoms with Crippen molar-refractivity contribution in [1.82, 2.24) is 0 Å². The number of hydrogen-bond acceptors (Lipinski definition) is 2. The summed E-state index contributed by atoms with van der Waals surface area (Å²) in [4.78, 5) is 0. The SMILES string of the molecule is OC(O)=CC(Cl)C(Cl)CCl. The summed E-state index contributed by atoms with van der Waals surface area (Å²) in [7, 11) is 0. The van der Waals surface area contributed by atoms with Crippen molar-refractivity contribution in [3.8, 4) is 0 Å². The highest BCUT2D eigenvalue weighted by atomic mass is 35.5. The maximum atomic E-state index is 8.30. The lowest BCUT2D eigenvalue weighted by molar-refractivity contribution is 0.189. The largest absolute Gasteiger partial charge is 0.481 e. The van der Waals surface area contributed by atoms with Gasteiger partial charge in [-0.25, -0.2) is 0 Å². The van der Waals surface area contributed by atoms with Crippen LogP contribution in [-0.2, 0) is 0 Å². The van der Waals surface area contributed by atoms with Gasteiger partial charge in [-0.3, -0.25) is 0 Å². The molecular weight excluding hydrogens is 198 g/mol. The van der Waals surface area contributed by atoms with E-state index in [1.165, 1.54) is 0 Å². The van der Waals surface area contributed by atoms with Crippen molar-refractivity contribution in [2.24, 2.45) is 0 Å². The van der Waals surface area contributed by atoms with Gasteiger partial charge in [0.15, 0.2) is 0 Å². The van der Waals surface area contributed by atoms with E-state index in [1.807, 2.05) is 0 Å². The zero-order valence-electron chi connectivity index (χ0n) is 4.97. The molecule has 0 radical (unpaired) electrons. The predicted molar refractivity (Wildman–Crippen MR) is 43.3 cm³/mol. The molecule has 0 rings (SSSR count). The highest BCUT2D eigenvalue weighted by Gasteiger charge is 2.13. The molecule has 10 heavy (non-hydrogen) atoms. The van der Waals surface area contributed by atoms with Crippen LogP contribution in [0.15, 0.2) is 12.0 Å². The van der Waals surface area contributed by atoms with Gasteiger partial charge in [0.05, 0.1) is 10.8 Å². The maximum absolute atomic E-state index is 8.30. The first-order valence-electron chi connectivity index (χ1n) is 2.51. The number of aliphatic hydroxyl groups excluding tert-OH is 1. The van der Waals surface area contributed by atoms with E-state index in [-0.39, 0.29) is 5.88 Å².